The van der Waals surface area contributed by atoms with Gasteiger partial charge in [0.25, 0.3) is 0 Å². The molecular weight excluding hydrogens is 330 g/mol. The van der Waals surface area contributed by atoms with Crippen LogP contribution in [0.1, 0.15) is 22.3 Å². The highest BCUT2D eigenvalue weighted by atomic mass is 16.5. The third kappa shape index (κ3) is 4.46. The van der Waals surface area contributed by atoms with Gasteiger partial charge in [-0.3, -0.25) is 0 Å². The van der Waals surface area contributed by atoms with Crippen LogP contribution >= 0.6 is 0 Å². The van der Waals surface area contributed by atoms with Crippen molar-refractivity contribution in [3.63, 3.8) is 0 Å². The summed E-state index contributed by atoms with van der Waals surface area (Å²) in [6.45, 7) is 2.76. The Bertz CT molecular complexity index is 843. The molecule has 1 aliphatic rings. The van der Waals surface area contributed by atoms with Crippen molar-refractivity contribution >= 4 is 5.90 Å². The number of benzene rings is 3. The summed E-state index contributed by atoms with van der Waals surface area (Å²) in [5, 5.41) is 0. The molecule has 4 rings (SSSR count). The van der Waals surface area contributed by atoms with Crippen molar-refractivity contribution < 1.29 is 4.74 Å². The van der Waals surface area contributed by atoms with Crippen molar-refractivity contribution in [2.24, 2.45) is 10.9 Å². The summed E-state index contributed by atoms with van der Waals surface area (Å²) < 4.78 is 6.00. The van der Waals surface area contributed by atoms with Crippen LogP contribution in [0.25, 0.3) is 0 Å². The maximum absolute atomic E-state index is 6.00. The summed E-state index contributed by atoms with van der Waals surface area (Å²) in [6, 6.07) is 30.0. The summed E-state index contributed by atoms with van der Waals surface area (Å²) >= 11 is 0. The maximum Gasteiger partial charge on any atom is 0.216 e. The molecule has 2 heteroatoms. The van der Waals surface area contributed by atoms with Crippen molar-refractivity contribution in [3.8, 4) is 0 Å². The fourth-order valence-corrected chi connectivity index (χ4v) is 3.66. The van der Waals surface area contributed by atoms with E-state index < -0.39 is 0 Å². The SMILES string of the molecule is Cc1ccc(C2=N[C@@H](C(Cc3ccccc3)Cc3ccccc3)CO2)cc1. The fraction of sp³-hybridized carbons (Fsp3) is 0.240. The van der Waals surface area contributed by atoms with Gasteiger partial charge in [0.05, 0.1) is 6.04 Å². The first-order valence-electron chi connectivity index (χ1n) is 9.63. The van der Waals surface area contributed by atoms with Crippen LogP contribution in [0.4, 0.5) is 0 Å². The second kappa shape index (κ2) is 8.22. The van der Waals surface area contributed by atoms with Crippen molar-refractivity contribution in [1.82, 2.24) is 0 Å². The van der Waals surface area contributed by atoms with Crippen molar-refractivity contribution in [2.75, 3.05) is 6.61 Å². The quantitative estimate of drug-likeness (QED) is 0.592. The van der Waals surface area contributed by atoms with Gasteiger partial charge in [-0.1, -0.05) is 78.4 Å². The number of rotatable bonds is 6. The summed E-state index contributed by atoms with van der Waals surface area (Å²) in [5.41, 5.74) is 5.04. The number of hydrogen-bond donors (Lipinski definition) is 0. The molecule has 0 N–H and O–H groups in total. The first-order valence-corrected chi connectivity index (χ1v) is 9.63. The van der Waals surface area contributed by atoms with E-state index in [0.29, 0.717) is 12.5 Å². The highest BCUT2D eigenvalue weighted by molar-refractivity contribution is 5.95. The largest absolute Gasteiger partial charge is 0.475 e. The predicted octanol–water partition coefficient (Wildman–Crippen LogP) is 5.24. The highest BCUT2D eigenvalue weighted by Gasteiger charge is 2.28. The first-order chi connectivity index (χ1) is 13.3. The molecule has 136 valence electrons. The average Bonchev–Trinajstić information content (AvgIpc) is 3.20. The lowest BCUT2D eigenvalue weighted by molar-refractivity contribution is 0.275. The van der Waals surface area contributed by atoms with E-state index in [9.17, 15) is 0 Å². The van der Waals surface area contributed by atoms with Crippen LogP contribution < -0.4 is 0 Å². The van der Waals surface area contributed by atoms with Gasteiger partial charge in [-0.05, 0) is 48.9 Å². The molecule has 1 atom stereocenters. The minimum Gasteiger partial charge on any atom is -0.475 e. The summed E-state index contributed by atoms with van der Waals surface area (Å²) in [6.07, 6.45) is 2.02. The Kier molecular flexibility index (Phi) is 5.34. The van der Waals surface area contributed by atoms with Crippen molar-refractivity contribution in [3.05, 3.63) is 107 Å². The molecule has 0 aromatic heterocycles. The first kappa shape index (κ1) is 17.5. The normalized spacial score (nSPS) is 16.2. The van der Waals surface area contributed by atoms with Crippen LogP contribution in [0.3, 0.4) is 0 Å². The molecule has 0 saturated carbocycles. The molecule has 0 unspecified atom stereocenters. The summed E-state index contributed by atoms with van der Waals surface area (Å²) in [5.74, 6) is 1.20. The molecule has 27 heavy (non-hydrogen) atoms. The molecule has 0 radical (unpaired) electrons. The molecule has 0 bridgehead atoms. The Morgan fingerprint density at radius 2 is 1.37 bits per heavy atom. The zero-order valence-corrected chi connectivity index (χ0v) is 15.7. The van der Waals surface area contributed by atoms with Gasteiger partial charge >= 0.3 is 0 Å². The Hall–Kier alpha value is -2.87. The number of aliphatic imine (C=N–C) groups is 1. The van der Waals surface area contributed by atoms with Gasteiger partial charge in [0.1, 0.15) is 6.61 Å². The Balaban J connectivity index is 1.57. The number of hydrogen-bond acceptors (Lipinski definition) is 2. The van der Waals surface area contributed by atoms with Crippen molar-refractivity contribution in [2.45, 2.75) is 25.8 Å². The van der Waals surface area contributed by atoms with E-state index >= 15 is 0 Å². The average molecular weight is 355 g/mol. The van der Waals surface area contributed by atoms with Gasteiger partial charge in [-0.15, -0.1) is 0 Å². The van der Waals surface area contributed by atoms with Crippen LogP contribution in [0.5, 0.6) is 0 Å². The van der Waals surface area contributed by atoms with E-state index in [1.807, 2.05) is 0 Å². The number of aryl methyl sites for hydroxylation is 1. The molecule has 1 heterocycles. The van der Waals surface area contributed by atoms with E-state index in [1.165, 1.54) is 16.7 Å². The molecule has 0 spiro atoms. The van der Waals surface area contributed by atoms with E-state index in [4.69, 9.17) is 9.73 Å². The minimum atomic E-state index is 0.182. The zero-order chi connectivity index (χ0) is 18.5. The zero-order valence-electron chi connectivity index (χ0n) is 15.7. The lowest BCUT2D eigenvalue weighted by Crippen LogP contribution is -2.24. The fourth-order valence-electron chi connectivity index (χ4n) is 3.66. The Labute approximate surface area is 161 Å². The maximum atomic E-state index is 6.00. The highest BCUT2D eigenvalue weighted by Crippen LogP contribution is 2.25. The molecule has 3 aromatic carbocycles. The van der Waals surface area contributed by atoms with E-state index in [1.54, 1.807) is 0 Å². The lowest BCUT2D eigenvalue weighted by Gasteiger charge is -2.20. The van der Waals surface area contributed by atoms with Gasteiger partial charge in [-0.2, -0.15) is 0 Å². The van der Waals surface area contributed by atoms with Crippen LogP contribution in [-0.2, 0) is 17.6 Å². The summed E-state index contributed by atoms with van der Waals surface area (Å²) in [4.78, 5) is 4.98. The smallest absolute Gasteiger partial charge is 0.216 e. The monoisotopic (exact) mass is 355 g/mol. The Morgan fingerprint density at radius 3 is 1.93 bits per heavy atom. The van der Waals surface area contributed by atoms with Crippen molar-refractivity contribution in [1.29, 1.82) is 0 Å². The number of ether oxygens (including phenoxy) is 1. The van der Waals surface area contributed by atoms with Gasteiger partial charge in [0.15, 0.2) is 0 Å². The second-order valence-electron chi connectivity index (χ2n) is 7.32. The third-order valence-corrected chi connectivity index (χ3v) is 5.20. The molecule has 2 nitrogen and oxygen atoms in total. The molecule has 0 fully saturated rings. The minimum absolute atomic E-state index is 0.182. The molecule has 3 aromatic rings. The molecule has 0 amide bonds. The third-order valence-electron chi connectivity index (χ3n) is 5.20. The van der Waals surface area contributed by atoms with Gasteiger partial charge < -0.3 is 4.74 Å². The standard InChI is InChI=1S/C25H25NO/c1-19-12-14-22(15-13-19)25-26-24(18-27-25)23(16-20-8-4-2-5-9-20)17-21-10-6-3-7-11-21/h2-15,23-24H,16-18H2,1H3/t24-/m1/s1. The van der Waals surface area contributed by atoms with Gasteiger partial charge in [0, 0.05) is 5.56 Å². The van der Waals surface area contributed by atoms with E-state index in [2.05, 4.69) is 91.9 Å². The molecule has 1 aliphatic heterocycles. The topological polar surface area (TPSA) is 21.6 Å². The lowest BCUT2D eigenvalue weighted by atomic mass is 9.87. The van der Waals surface area contributed by atoms with Gasteiger partial charge in [-0.25, -0.2) is 4.99 Å². The summed E-state index contributed by atoms with van der Waals surface area (Å²) in [7, 11) is 0. The van der Waals surface area contributed by atoms with Crippen LogP contribution in [0, 0.1) is 12.8 Å². The molecular formula is C25H25NO. The van der Waals surface area contributed by atoms with Crippen LogP contribution in [0.2, 0.25) is 0 Å². The predicted molar refractivity (Wildman–Crippen MR) is 111 cm³/mol. The van der Waals surface area contributed by atoms with E-state index in [-0.39, 0.29) is 6.04 Å². The molecule has 0 aliphatic carbocycles. The number of nitrogens with zero attached hydrogens (tertiary/aromatic N) is 1. The van der Waals surface area contributed by atoms with Crippen LogP contribution in [-0.4, -0.2) is 18.5 Å². The van der Waals surface area contributed by atoms with E-state index in [0.717, 1.165) is 24.3 Å². The van der Waals surface area contributed by atoms with Gasteiger partial charge in [0.2, 0.25) is 5.90 Å². The molecule has 0 saturated heterocycles. The van der Waals surface area contributed by atoms with Crippen LogP contribution in [0.15, 0.2) is 89.9 Å². The second-order valence-corrected chi connectivity index (χ2v) is 7.32. The Morgan fingerprint density at radius 1 is 0.815 bits per heavy atom.